The number of carboxylic acid groups (broad SMARTS) is 1. The minimum absolute atomic E-state index is 0. The van der Waals surface area contributed by atoms with E-state index >= 15 is 0 Å². The summed E-state index contributed by atoms with van der Waals surface area (Å²) < 4.78 is 29.7. The van der Waals surface area contributed by atoms with Gasteiger partial charge in [-0.3, -0.25) is 19.7 Å². The second-order valence-electron chi connectivity index (χ2n) is 10.2. The molecule has 252 valence electrons. The normalized spacial score (nSPS) is 24.2. The molecule has 2 saturated heterocycles. The molecule has 19 heteroatoms. The Labute approximate surface area is 264 Å². The summed E-state index contributed by atoms with van der Waals surface area (Å²) in [6.45, 7) is 5.49. The maximum Gasteiger partial charge on any atom is 0.363 e. The van der Waals surface area contributed by atoms with Crippen molar-refractivity contribution in [2.45, 2.75) is 64.5 Å². The fourth-order valence-electron chi connectivity index (χ4n) is 5.00. The Morgan fingerprint density at radius 3 is 2.33 bits per heavy atom. The van der Waals surface area contributed by atoms with Crippen molar-refractivity contribution in [1.29, 1.82) is 0 Å². The number of β-lactam (4-membered cyclic amide) rings is 1. The number of carbonyl (C=O) groups is 4. The minimum Gasteiger partial charge on any atom is -0.481 e. The van der Waals surface area contributed by atoms with Gasteiger partial charge in [0, 0.05) is 53.8 Å². The van der Waals surface area contributed by atoms with Crippen molar-refractivity contribution >= 4 is 51.5 Å². The van der Waals surface area contributed by atoms with Crippen LogP contribution in [0.15, 0.2) is 34.9 Å². The van der Waals surface area contributed by atoms with E-state index in [1.54, 1.807) is 6.92 Å². The van der Waals surface area contributed by atoms with Crippen LogP contribution < -0.4 is 15.2 Å². The highest BCUT2D eigenvalue weighted by Gasteiger charge is 2.60. The molecule has 3 aliphatic heterocycles. The molecule has 0 aliphatic carbocycles. The van der Waals surface area contributed by atoms with Crippen molar-refractivity contribution in [1.82, 2.24) is 14.9 Å². The van der Waals surface area contributed by atoms with Crippen LogP contribution in [0.5, 0.6) is 0 Å². The number of thioether (sulfide) groups is 1. The number of rotatable bonds is 10. The number of nitrogens with zero attached hydrogens (tertiary/aromatic N) is 2. The molecule has 4 rings (SSSR count). The molecular formula is C26H39N5O12S2. The lowest BCUT2D eigenvalue weighted by molar-refractivity contribution is -0.384. The predicted molar refractivity (Wildman–Crippen MR) is 163 cm³/mol. The van der Waals surface area contributed by atoms with Crippen molar-refractivity contribution in [3.05, 3.63) is 50.5 Å². The zero-order valence-electron chi connectivity index (χ0n) is 24.0. The Morgan fingerprint density at radius 1 is 1.27 bits per heavy atom. The summed E-state index contributed by atoms with van der Waals surface area (Å²) in [6, 6.07) is 3.85. The standard InChI is InChI=1S/C22H27N5O9S2.C3H6O2.CH4.H2O/c1-10-17-16(11(2)28)20(29)26(17)18(19(10)37-15-7-13(24-9-15)8-25-38(23,34)35)22(31)36-21(30)12-3-5-14(6-4-12)27(32)33;1-2-3(4)5;;/h3-6,10-11,13,15-17,24-25,28H,7-9H2,1-2H3,(H2,23,34,35);2H2,1H3,(H,4,5);1H4;1H2/t10-,11-,13+,15+,16-,17-;;;/m1.../s1. The number of nitrogens with two attached hydrogens (primary N) is 1. The second-order valence-corrected chi connectivity index (χ2v) is 12.9. The van der Waals surface area contributed by atoms with Gasteiger partial charge >= 0.3 is 17.9 Å². The molecule has 1 aromatic carbocycles. The number of aliphatic carboxylic acids is 1. The highest BCUT2D eigenvalue weighted by Crippen LogP contribution is 2.52. The van der Waals surface area contributed by atoms with Gasteiger partial charge in [0.05, 0.1) is 28.6 Å². The molecule has 1 aromatic rings. The van der Waals surface area contributed by atoms with Gasteiger partial charge in [0.15, 0.2) is 0 Å². The van der Waals surface area contributed by atoms with Gasteiger partial charge in [0.1, 0.15) is 5.70 Å². The molecule has 17 nitrogen and oxygen atoms in total. The van der Waals surface area contributed by atoms with Gasteiger partial charge in [-0.1, -0.05) is 21.3 Å². The molecular weight excluding hydrogens is 638 g/mol. The third-order valence-corrected chi connectivity index (χ3v) is 9.19. The van der Waals surface area contributed by atoms with E-state index in [4.69, 9.17) is 15.0 Å². The van der Waals surface area contributed by atoms with Crippen molar-refractivity contribution in [3.8, 4) is 0 Å². The molecule has 0 spiro atoms. The Bertz CT molecular complexity index is 1420. The molecule has 0 radical (unpaired) electrons. The van der Waals surface area contributed by atoms with E-state index in [0.29, 0.717) is 17.9 Å². The molecule has 0 unspecified atom stereocenters. The minimum atomic E-state index is -3.85. The molecule has 0 saturated carbocycles. The molecule has 8 N–H and O–H groups in total. The average molecular weight is 678 g/mol. The highest BCUT2D eigenvalue weighted by molar-refractivity contribution is 8.03. The molecule has 3 aliphatic rings. The third kappa shape index (κ3) is 9.52. The van der Waals surface area contributed by atoms with Gasteiger partial charge in [-0.2, -0.15) is 8.42 Å². The topological polar surface area (TPSA) is 280 Å². The summed E-state index contributed by atoms with van der Waals surface area (Å²) in [7, 11) is -3.85. The van der Waals surface area contributed by atoms with E-state index in [2.05, 4.69) is 10.0 Å². The number of nitro benzene ring substituents is 1. The number of nitro groups is 1. The number of aliphatic hydroxyl groups is 1. The first-order chi connectivity index (χ1) is 20.0. The Morgan fingerprint density at radius 2 is 1.84 bits per heavy atom. The molecule has 0 aromatic heterocycles. The van der Waals surface area contributed by atoms with Crippen molar-refractivity contribution < 1.29 is 52.9 Å². The first-order valence-electron chi connectivity index (χ1n) is 13.2. The third-order valence-electron chi connectivity index (χ3n) is 7.11. The number of non-ortho nitro benzene ring substituents is 1. The number of carbonyl (C=O) groups excluding carboxylic acids is 3. The van der Waals surface area contributed by atoms with Crippen LogP contribution in [0, 0.1) is 22.0 Å². The largest absolute Gasteiger partial charge is 0.481 e. The van der Waals surface area contributed by atoms with Crippen LogP contribution in [0.1, 0.15) is 51.4 Å². The molecule has 2 fully saturated rings. The van der Waals surface area contributed by atoms with Crippen LogP contribution in [-0.2, 0) is 29.3 Å². The number of hydrogen-bond donors (Lipinski definition) is 5. The maximum absolute atomic E-state index is 13.2. The Balaban J connectivity index is 0.00000134. The first-order valence-corrected chi connectivity index (χ1v) is 15.6. The maximum atomic E-state index is 13.2. The van der Waals surface area contributed by atoms with E-state index in [0.717, 1.165) is 24.3 Å². The number of fused-ring (bicyclic) bond motifs is 1. The van der Waals surface area contributed by atoms with Gasteiger partial charge in [-0.05, 0) is 25.5 Å². The number of hydrogen-bond acceptors (Lipinski definition) is 12. The number of aliphatic hydroxyl groups excluding tert-OH is 1. The Hall–Kier alpha value is -3.46. The monoisotopic (exact) mass is 677 g/mol. The van der Waals surface area contributed by atoms with E-state index in [-0.39, 0.29) is 60.0 Å². The van der Waals surface area contributed by atoms with E-state index in [9.17, 15) is 42.8 Å². The second kappa shape index (κ2) is 16.2. The quantitative estimate of drug-likeness (QED) is 0.0712. The van der Waals surface area contributed by atoms with Crippen LogP contribution in [0.4, 0.5) is 5.69 Å². The van der Waals surface area contributed by atoms with E-state index < -0.39 is 57.0 Å². The lowest BCUT2D eigenvalue weighted by Crippen LogP contribution is -2.63. The summed E-state index contributed by atoms with van der Waals surface area (Å²) >= 11 is 1.33. The summed E-state index contributed by atoms with van der Waals surface area (Å²) in [6.07, 6.45) is -0.192. The molecule has 0 bridgehead atoms. The lowest BCUT2D eigenvalue weighted by atomic mass is 9.79. The van der Waals surface area contributed by atoms with Gasteiger partial charge in [0.25, 0.3) is 15.9 Å². The van der Waals surface area contributed by atoms with Crippen LogP contribution >= 0.6 is 11.8 Å². The van der Waals surface area contributed by atoms with Crippen LogP contribution in [0.25, 0.3) is 0 Å². The van der Waals surface area contributed by atoms with Crippen LogP contribution in [-0.4, -0.2) is 94.3 Å². The summed E-state index contributed by atoms with van der Waals surface area (Å²) in [5, 5.41) is 36.8. The van der Waals surface area contributed by atoms with Crippen molar-refractivity contribution in [2.75, 3.05) is 13.1 Å². The number of nitrogens with one attached hydrogen (secondary N) is 2. The Kier molecular flexibility index (Phi) is 14.2. The van der Waals surface area contributed by atoms with Crippen LogP contribution in [0.3, 0.4) is 0 Å². The number of ether oxygens (including phenoxy) is 1. The van der Waals surface area contributed by atoms with Crippen molar-refractivity contribution in [2.24, 2.45) is 17.0 Å². The lowest BCUT2D eigenvalue weighted by Gasteiger charge is -2.46. The number of esters is 2. The van der Waals surface area contributed by atoms with Crippen molar-refractivity contribution in [3.63, 3.8) is 0 Å². The number of carboxylic acids is 1. The predicted octanol–water partition coefficient (Wildman–Crippen LogP) is -0.103. The number of amides is 1. The first kappa shape index (κ1) is 39.6. The van der Waals surface area contributed by atoms with Crippen LogP contribution in [0.2, 0.25) is 0 Å². The summed E-state index contributed by atoms with van der Waals surface area (Å²) in [5.41, 5.74) is -0.390. The van der Waals surface area contributed by atoms with Gasteiger partial charge in [-0.25, -0.2) is 19.5 Å². The van der Waals surface area contributed by atoms with Gasteiger partial charge in [-0.15, -0.1) is 11.8 Å². The molecule has 1 amide bonds. The molecule has 3 heterocycles. The van der Waals surface area contributed by atoms with E-state index in [1.807, 2.05) is 6.92 Å². The smallest absolute Gasteiger partial charge is 0.363 e. The van der Waals surface area contributed by atoms with Gasteiger partial charge in [0.2, 0.25) is 5.91 Å². The molecule has 45 heavy (non-hydrogen) atoms. The zero-order chi connectivity index (χ0) is 32.2. The van der Waals surface area contributed by atoms with E-state index in [1.165, 1.54) is 23.6 Å². The SMILES string of the molecule is C.CCC(=O)O.C[C@@H](O)[C@H]1C(=O)N2C(C(=O)OC(=O)c3ccc([N+](=O)[O-])cc3)=C(S[C@@H]3CN[C@H](CNS(N)(=O)=O)C3)[C@H](C)[C@H]12.O. The molecule has 6 atom stereocenters. The summed E-state index contributed by atoms with van der Waals surface area (Å²) in [5.74, 6) is -4.33. The van der Waals surface area contributed by atoms with Gasteiger partial charge < -0.3 is 30.6 Å². The highest BCUT2D eigenvalue weighted by atomic mass is 32.2. The summed E-state index contributed by atoms with van der Waals surface area (Å²) in [4.78, 5) is 60.1. The fraction of sp³-hybridized carbons (Fsp3) is 0.538. The fourth-order valence-corrected chi connectivity index (χ4v) is 6.95. The zero-order valence-corrected chi connectivity index (χ0v) is 25.6. The number of benzene rings is 1. The average Bonchev–Trinajstić information content (AvgIpc) is 3.47.